The third-order valence-corrected chi connectivity index (χ3v) is 3.89. The number of nitrogens with one attached hydrogen (secondary N) is 1. The van der Waals surface area contributed by atoms with Crippen molar-refractivity contribution in [2.75, 3.05) is 19.8 Å². The summed E-state index contributed by atoms with van der Waals surface area (Å²) in [5.41, 5.74) is 2.95. The Morgan fingerprint density at radius 3 is 2.83 bits per heavy atom. The van der Waals surface area contributed by atoms with Crippen molar-refractivity contribution in [2.24, 2.45) is 0 Å². The van der Waals surface area contributed by atoms with Crippen LogP contribution in [0.15, 0.2) is 49.1 Å². The molecule has 1 aliphatic rings. The van der Waals surface area contributed by atoms with E-state index in [0.29, 0.717) is 26.4 Å². The molecule has 0 bridgehead atoms. The highest BCUT2D eigenvalue weighted by Gasteiger charge is 2.21. The maximum atomic E-state index is 5.76. The average Bonchev–Trinajstić information content (AvgIpc) is 3.26. The van der Waals surface area contributed by atoms with E-state index >= 15 is 0 Å². The fourth-order valence-corrected chi connectivity index (χ4v) is 2.83. The standard InChI is InChI=1S/C17H18N4O2/c1-2-4-13(5-3-1)15-16(17-18-6-7-19-17)21(12-20-15)10-14-11-22-8-9-23-14/h1-7,12,14H,8-11H2,(H,18,19)/t14-/m1/s1. The molecule has 6 nitrogen and oxygen atoms in total. The molecule has 0 saturated carbocycles. The number of aromatic nitrogens is 4. The Labute approximate surface area is 134 Å². The molecule has 0 radical (unpaired) electrons. The second-order valence-corrected chi connectivity index (χ2v) is 5.47. The molecule has 4 rings (SSSR count). The summed E-state index contributed by atoms with van der Waals surface area (Å²) in [5, 5.41) is 0. The van der Waals surface area contributed by atoms with Crippen LogP contribution in [0.5, 0.6) is 0 Å². The van der Waals surface area contributed by atoms with Crippen molar-refractivity contribution in [3.8, 4) is 22.8 Å². The van der Waals surface area contributed by atoms with Gasteiger partial charge in [0.15, 0.2) is 5.82 Å². The van der Waals surface area contributed by atoms with Gasteiger partial charge in [-0.3, -0.25) is 0 Å². The number of hydrogen-bond donors (Lipinski definition) is 1. The van der Waals surface area contributed by atoms with E-state index in [9.17, 15) is 0 Å². The van der Waals surface area contributed by atoms with Crippen LogP contribution in [0.25, 0.3) is 22.8 Å². The van der Waals surface area contributed by atoms with Gasteiger partial charge in [-0.1, -0.05) is 30.3 Å². The van der Waals surface area contributed by atoms with Gasteiger partial charge in [-0.25, -0.2) is 9.97 Å². The molecule has 1 saturated heterocycles. The van der Waals surface area contributed by atoms with Gasteiger partial charge in [0.25, 0.3) is 0 Å². The number of hydrogen-bond acceptors (Lipinski definition) is 4. The molecule has 1 aliphatic heterocycles. The Hall–Kier alpha value is -2.44. The van der Waals surface area contributed by atoms with E-state index in [2.05, 4.69) is 31.7 Å². The highest BCUT2D eigenvalue weighted by molar-refractivity contribution is 5.75. The number of imidazole rings is 2. The first-order chi connectivity index (χ1) is 11.4. The minimum absolute atomic E-state index is 0.0373. The lowest BCUT2D eigenvalue weighted by atomic mass is 10.1. The van der Waals surface area contributed by atoms with Crippen LogP contribution in [0.1, 0.15) is 0 Å². The number of ether oxygens (including phenoxy) is 2. The zero-order valence-electron chi connectivity index (χ0n) is 12.7. The number of H-pyrrole nitrogens is 1. The van der Waals surface area contributed by atoms with Crippen LogP contribution in [0, 0.1) is 0 Å². The fourth-order valence-electron chi connectivity index (χ4n) is 2.83. The van der Waals surface area contributed by atoms with E-state index in [4.69, 9.17) is 9.47 Å². The Balaban J connectivity index is 1.73. The first-order valence-corrected chi connectivity index (χ1v) is 7.71. The van der Waals surface area contributed by atoms with Crippen molar-refractivity contribution in [3.63, 3.8) is 0 Å². The van der Waals surface area contributed by atoms with Gasteiger partial charge in [-0.05, 0) is 0 Å². The molecule has 3 heterocycles. The Morgan fingerprint density at radius 2 is 2.09 bits per heavy atom. The molecule has 3 aromatic rings. The lowest BCUT2D eigenvalue weighted by Crippen LogP contribution is -2.32. The summed E-state index contributed by atoms with van der Waals surface area (Å²) in [6.45, 7) is 2.61. The summed E-state index contributed by atoms with van der Waals surface area (Å²) in [7, 11) is 0. The Morgan fingerprint density at radius 1 is 1.17 bits per heavy atom. The van der Waals surface area contributed by atoms with Gasteiger partial charge in [0.2, 0.25) is 0 Å². The van der Waals surface area contributed by atoms with Crippen molar-refractivity contribution in [1.82, 2.24) is 19.5 Å². The SMILES string of the molecule is c1ccc(-c2ncn(C[C@@H]3COCCO3)c2-c2ncc[nH]2)cc1. The normalized spacial score (nSPS) is 18.2. The van der Waals surface area contributed by atoms with Crippen LogP contribution < -0.4 is 0 Å². The van der Waals surface area contributed by atoms with Gasteiger partial charge in [0, 0.05) is 18.0 Å². The minimum atomic E-state index is 0.0373. The molecule has 118 valence electrons. The molecule has 1 N–H and O–H groups in total. The van der Waals surface area contributed by atoms with Gasteiger partial charge in [-0.2, -0.15) is 0 Å². The predicted octanol–water partition coefficient (Wildman–Crippen LogP) is 2.36. The monoisotopic (exact) mass is 310 g/mol. The molecule has 0 aliphatic carbocycles. The van der Waals surface area contributed by atoms with Crippen LogP contribution in [-0.4, -0.2) is 45.4 Å². The topological polar surface area (TPSA) is 65.0 Å². The Bertz CT molecular complexity index is 746. The largest absolute Gasteiger partial charge is 0.376 e. The van der Waals surface area contributed by atoms with E-state index in [-0.39, 0.29) is 6.10 Å². The molecular formula is C17H18N4O2. The highest BCUT2D eigenvalue weighted by atomic mass is 16.6. The van der Waals surface area contributed by atoms with Crippen LogP contribution in [0.3, 0.4) is 0 Å². The molecule has 1 aromatic carbocycles. The number of nitrogens with zero attached hydrogens (tertiary/aromatic N) is 3. The minimum Gasteiger partial charge on any atom is -0.376 e. The van der Waals surface area contributed by atoms with Crippen LogP contribution in [0.4, 0.5) is 0 Å². The van der Waals surface area contributed by atoms with E-state index in [1.807, 2.05) is 30.7 Å². The zero-order chi connectivity index (χ0) is 15.5. The van der Waals surface area contributed by atoms with Crippen LogP contribution >= 0.6 is 0 Å². The molecular weight excluding hydrogens is 292 g/mol. The number of benzene rings is 1. The van der Waals surface area contributed by atoms with Gasteiger partial charge < -0.3 is 19.0 Å². The molecule has 1 atom stereocenters. The lowest BCUT2D eigenvalue weighted by Gasteiger charge is -2.23. The molecule has 6 heteroatoms. The first-order valence-electron chi connectivity index (χ1n) is 7.71. The smallest absolute Gasteiger partial charge is 0.156 e. The van der Waals surface area contributed by atoms with E-state index in [1.165, 1.54) is 0 Å². The summed E-state index contributed by atoms with van der Waals surface area (Å²) in [6, 6.07) is 10.1. The maximum absolute atomic E-state index is 5.76. The van der Waals surface area contributed by atoms with Crippen molar-refractivity contribution >= 4 is 0 Å². The van der Waals surface area contributed by atoms with E-state index < -0.39 is 0 Å². The van der Waals surface area contributed by atoms with Crippen molar-refractivity contribution in [1.29, 1.82) is 0 Å². The molecule has 23 heavy (non-hydrogen) atoms. The van der Waals surface area contributed by atoms with Crippen LogP contribution in [0.2, 0.25) is 0 Å². The molecule has 0 amide bonds. The van der Waals surface area contributed by atoms with Crippen molar-refractivity contribution < 1.29 is 9.47 Å². The quantitative estimate of drug-likeness (QED) is 0.803. The number of aromatic amines is 1. The van der Waals surface area contributed by atoms with Crippen LogP contribution in [-0.2, 0) is 16.0 Å². The molecule has 2 aromatic heterocycles. The number of rotatable bonds is 4. The first kappa shape index (κ1) is 14.2. The fraction of sp³-hybridized carbons (Fsp3) is 0.294. The third-order valence-electron chi connectivity index (χ3n) is 3.89. The Kier molecular flexibility index (Phi) is 3.92. The summed E-state index contributed by atoms with van der Waals surface area (Å²) in [4.78, 5) is 12.2. The average molecular weight is 310 g/mol. The molecule has 0 unspecified atom stereocenters. The van der Waals surface area contributed by atoms with Gasteiger partial charge >= 0.3 is 0 Å². The third kappa shape index (κ3) is 2.91. The molecule has 0 spiro atoms. The van der Waals surface area contributed by atoms with Crippen molar-refractivity contribution in [3.05, 3.63) is 49.1 Å². The highest BCUT2D eigenvalue weighted by Crippen LogP contribution is 2.29. The van der Waals surface area contributed by atoms with Gasteiger partial charge in [-0.15, -0.1) is 0 Å². The second kappa shape index (κ2) is 6.36. The maximum Gasteiger partial charge on any atom is 0.156 e. The summed E-state index contributed by atoms with van der Waals surface area (Å²) >= 11 is 0. The summed E-state index contributed by atoms with van der Waals surface area (Å²) in [5.74, 6) is 0.804. The summed E-state index contributed by atoms with van der Waals surface area (Å²) in [6.07, 6.45) is 5.46. The summed E-state index contributed by atoms with van der Waals surface area (Å²) < 4.78 is 13.3. The van der Waals surface area contributed by atoms with E-state index in [1.54, 1.807) is 6.20 Å². The molecule has 1 fully saturated rings. The lowest BCUT2D eigenvalue weighted by molar-refractivity contribution is -0.0934. The van der Waals surface area contributed by atoms with Gasteiger partial charge in [0.05, 0.1) is 44.5 Å². The zero-order valence-corrected chi connectivity index (χ0v) is 12.7. The van der Waals surface area contributed by atoms with Gasteiger partial charge in [0.1, 0.15) is 5.69 Å². The van der Waals surface area contributed by atoms with E-state index in [0.717, 1.165) is 22.8 Å². The van der Waals surface area contributed by atoms with Crippen molar-refractivity contribution in [2.45, 2.75) is 12.6 Å². The second-order valence-electron chi connectivity index (χ2n) is 5.47. The predicted molar refractivity (Wildman–Crippen MR) is 85.8 cm³/mol.